The Labute approximate surface area is 151 Å². The van der Waals surface area contributed by atoms with E-state index in [4.69, 9.17) is 17.3 Å². The Bertz CT molecular complexity index is 665. The van der Waals surface area contributed by atoms with E-state index in [1.54, 1.807) is 18.2 Å². The Morgan fingerprint density at radius 2 is 2.12 bits per heavy atom. The number of benzene rings is 1. The second kappa shape index (κ2) is 8.82. The minimum Gasteiger partial charge on any atom is -0.369 e. The van der Waals surface area contributed by atoms with Gasteiger partial charge in [-0.2, -0.15) is 0 Å². The van der Waals surface area contributed by atoms with Gasteiger partial charge in [0.2, 0.25) is 11.8 Å². The Balaban J connectivity index is 1.88. The van der Waals surface area contributed by atoms with E-state index in [2.05, 4.69) is 15.5 Å². The second-order valence-corrected chi connectivity index (χ2v) is 6.58. The molecule has 1 aromatic carbocycles. The first-order valence-electron chi connectivity index (χ1n) is 8.24. The summed E-state index contributed by atoms with van der Waals surface area (Å²) in [4.78, 5) is 36.8. The summed E-state index contributed by atoms with van der Waals surface area (Å²) in [6.07, 6.45) is 1.75. The van der Waals surface area contributed by atoms with Crippen molar-refractivity contribution in [2.24, 2.45) is 11.7 Å². The molecule has 0 aliphatic carbocycles. The molecule has 0 saturated carbocycles. The van der Waals surface area contributed by atoms with Crippen LogP contribution in [0.1, 0.15) is 30.1 Å². The third kappa shape index (κ3) is 5.72. The maximum atomic E-state index is 12.3. The molecule has 1 atom stereocenters. The summed E-state index contributed by atoms with van der Waals surface area (Å²) in [6, 6.07) is 4.76. The molecular weight excluding hydrogens is 344 g/mol. The zero-order valence-corrected chi connectivity index (χ0v) is 14.9. The van der Waals surface area contributed by atoms with Crippen LogP contribution in [0.4, 0.5) is 5.69 Å². The smallest absolute Gasteiger partial charge is 0.252 e. The molecule has 1 heterocycles. The molecule has 136 valence electrons. The van der Waals surface area contributed by atoms with Crippen LogP contribution in [-0.2, 0) is 9.59 Å². The molecule has 8 heteroatoms. The van der Waals surface area contributed by atoms with E-state index in [-0.39, 0.29) is 23.6 Å². The predicted octanol–water partition coefficient (Wildman–Crippen LogP) is 1.23. The zero-order chi connectivity index (χ0) is 18.4. The molecular formula is C17H23ClN4O3. The molecule has 3 amide bonds. The van der Waals surface area contributed by atoms with Gasteiger partial charge in [0.25, 0.3) is 5.91 Å². The topological polar surface area (TPSA) is 105 Å². The summed E-state index contributed by atoms with van der Waals surface area (Å²) in [5, 5.41) is 5.76. The first-order chi connectivity index (χ1) is 11.9. The average Bonchev–Trinajstić information content (AvgIpc) is 2.56. The number of nitrogens with zero attached hydrogens (tertiary/aromatic N) is 1. The molecule has 1 fully saturated rings. The van der Waals surface area contributed by atoms with Gasteiger partial charge in [-0.1, -0.05) is 11.6 Å². The van der Waals surface area contributed by atoms with Crippen molar-refractivity contribution < 1.29 is 14.4 Å². The van der Waals surface area contributed by atoms with Crippen LogP contribution in [0.3, 0.4) is 0 Å². The number of nitrogens with two attached hydrogens (primary N) is 1. The van der Waals surface area contributed by atoms with Crippen LogP contribution >= 0.6 is 11.6 Å². The maximum absolute atomic E-state index is 12.3. The maximum Gasteiger partial charge on any atom is 0.252 e. The highest BCUT2D eigenvalue weighted by Gasteiger charge is 2.23. The van der Waals surface area contributed by atoms with E-state index in [1.165, 1.54) is 6.92 Å². The Hall–Kier alpha value is -2.12. The van der Waals surface area contributed by atoms with Gasteiger partial charge in [-0.25, -0.2) is 0 Å². The fraction of sp³-hybridized carbons (Fsp3) is 0.471. The Morgan fingerprint density at radius 3 is 2.80 bits per heavy atom. The van der Waals surface area contributed by atoms with Gasteiger partial charge >= 0.3 is 0 Å². The van der Waals surface area contributed by atoms with Gasteiger partial charge in [-0.3, -0.25) is 14.4 Å². The van der Waals surface area contributed by atoms with Crippen LogP contribution in [0.15, 0.2) is 18.2 Å². The Kier molecular flexibility index (Phi) is 6.78. The fourth-order valence-electron chi connectivity index (χ4n) is 2.89. The third-order valence-electron chi connectivity index (χ3n) is 4.15. The number of piperidine rings is 1. The summed E-state index contributed by atoms with van der Waals surface area (Å²) in [5.74, 6) is -0.910. The Morgan fingerprint density at radius 1 is 1.36 bits per heavy atom. The number of rotatable bonds is 6. The number of primary amides is 1. The number of hydrogen-bond donors (Lipinski definition) is 3. The SMILES string of the molecule is CC(=O)Nc1ccc(Cl)c(C(=O)NCCN2CCC[C@@H](C(N)=O)C2)c1. The molecule has 0 aromatic heterocycles. The normalized spacial score (nSPS) is 17.8. The minimum absolute atomic E-state index is 0.117. The first-order valence-corrected chi connectivity index (χ1v) is 8.61. The van der Waals surface area contributed by atoms with Crippen molar-refractivity contribution in [2.75, 3.05) is 31.5 Å². The third-order valence-corrected chi connectivity index (χ3v) is 4.48. The van der Waals surface area contributed by atoms with Gasteiger partial charge in [0, 0.05) is 32.2 Å². The van der Waals surface area contributed by atoms with Gasteiger partial charge in [0.05, 0.1) is 16.5 Å². The summed E-state index contributed by atoms with van der Waals surface area (Å²) < 4.78 is 0. The second-order valence-electron chi connectivity index (χ2n) is 6.17. The standard InChI is InChI=1S/C17H23ClN4O3/c1-11(23)21-13-4-5-15(18)14(9-13)17(25)20-6-8-22-7-2-3-12(10-22)16(19)24/h4-5,9,12H,2-3,6-8,10H2,1H3,(H2,19,24)(H,20,25)(H,21,23)/t12-/m1/s1. The van der Waals surface area contributed by atoms with Crippen molar-refractivity contribution in [2.45, 2.75) is 19.8 Å². The van der Waals surface area contributed by atoms with Crippen LogP contribution in [0.5, 0.6) is 0 Å². The number of anilines is 1. The van der Waals surface area contributed by atoms with E-state index in [9.17, 15) is 14.4 Å². The molecule has 1 saturated heterocycles. The van der Waals surface area contributed by atoms with E-state index < -0.39 is 0 Å². The molecule has 0 spiro atoms. The summed E-state index contributed by atoms with van der Waals surface area (Å²) in [6.45, 7) is 3.98. The molecule has 4 N–H and O–H groups in total. The van der Waals surface area contributed by atoms with E-state index in [0.29, 0.717) is 35.9 Å². The highest BCUT2D eigenvalue weighted by atomic mass is 35.5. The number of nitrogens with one attached hydrogen (secondary N) is 2. The number of carbonyl (C=O) groups is 3. The van der Waals surface area contributed by atoms with Crippen LogP contribution < -0.4 is 16.4 Å². The van der Waals surface area contributed by atoms with Crippen molar-refractivity contribution in [1.29, 1.82) is 0 Å². The number of likely N-dealkylation sites (tertiary alicyclic amines) is 1. The lowest BCUT2D eigenvalue weighted by atomic mass is 9.97. The van der Waals surface area contributed by atoms with Crippen LogP contribution in [0, 0.1) is 5.92 Å². The molecule has 2 rings (SSSR count). The number of amides is 3. The highest BCUT2D eigenvalue weighted by molar-refractivity contribution is 6.34. The van der Waals surface area contributed by atoms with E-state index in [1.807, 2.05) is 0 Å². The van der Waals surface area contributed by atoms with Gasteiger partial charge in [-0.15, -0.1) is 0 Å². The number of halogens is 1. The first kappa shape index (κ1) is 19.2. The number of carbonyl (C=O) groups excluding carboxylic acids is 3. The van der Waals surface area contributed by atoms with Gasteiger partial charge in [0.15, 0.2) is 0 Å². The number of hydrogen-bond acceptors (Lipinski definition) is 4. The van der Waals surface area contributed by atoms with Crippen molar-refractivity contribution in [1.82, 2.24) is 10.2 Å². The molecule has 1 aliphatic heterocycles. The van der Waals surface area contributed by atoms with Crippen molar-refractivity contribution >= 4 is 35.0 Å². The van der Waals surface area contributed by atoms with E-state index in [0.717, 1.165) is 19.4 Å². The molecule has 0 radical (unpaired) electrons. The molecule has 1 aromatic rings. The molecule has 7 nitrogen and oxygen atoms in total. The summed E-state index contributed by atoms with van der Waals surface area (Å²) in [7, 11) is 0. The van der Waals surface area contributed by atoms with Crippen LogP contribution in [0.2, 0.25) is 5.02 Å². The fourth-order valence-corrected chi connectivity index (χ4v) is 3.10. The van der Waals surface area contributed by atoms with Gasteiger partial charge in [0.1, 0.15) is 0 Å². The summed E-state index contributed by atoms with van der Waals surface area (Å²) in [5.41, 5.74) is 6.19. The monoisotopic (exact) mass is 366 g/mol. The predicted molar refractivity (Wildman–Crippen MR) is 96.4 cm³/mol. The largest absolute Gasteiger partial charge is 0.369 e. The quantitative estimate of drug-likeness (QED) is 0.704. The van der Waals surface area contributed by atoms with Gasteiger partial charge < -0.3 is 21.3 Å². The molecule has 1 aliphatic rings. The minimum atomic E-state index is -0.305. The van der Waals surface area contributed by atoms with E-state index >= 15 is 0 Å². The average molecular weight is 367 g/mol. The highest BCUT2D eigenvalue weighted by Crippen LogP contribution is 2.20. The summed E-state index contributed by atoms with van der Waals surface area (Å²) >= 11 is 6.07. The molecule has 25 heavy (non-hydrogen) atoms. The molecule has 0 bridgehead atoms. The molecule has 0 unspecified atom stereocenters. The van der Waals surface area contributed by atoms with Crippen LogP contribution in [-0.4, -0.2) is 48.8 Å². The van der Waals surface area contributed by atoms with Gasteiger partial charge in [-0.05, 0) is 37.6 Å². The lowest BCUT2D eigenvalue weighted by molar-refractivity contribution is -0.123. The van der Waals surface area contributed by atoms with Crippen molar-refractivity contribution in [3.8, 4) is 0 Å². The van der Waals surface area contributed by atoms with Crippen molar-refractivity contribution in [3.05, 3.63) is 28.8 Å². The zero-order valence-electron chi connectivity index (χ0n) is 14.2. The lowest BCUT2D eigenvalue weighted by Gasteiger charge is -2.31. The van der Waals surface area contributed by atoms with Crippen molar-refractivity contribution in [3.63, 3.8) is 0 Å². The lowest BCUT2D eigenvalue weighted by Crippen LogP contribution is -2.44. The van der Waals surface area contributed by atoms with Crippen LogP contribution in [0.25, 0.3) is 0 Å².